The van der Waals surface area contributed by atoms with Crippen LogP contribution < -0.4 is 5.32 Å². The highest BCUT2D eigenvalue weighted by Crippen LogP contribution is 2.03. The first kappa shape index (κ1) is 11.2. The van der Waals surface area contributed by atoms with E-state index in [1.807, 2.05) is 0 Å². The molecule has 0 aliphatic heterocycles. The first-order chi connectivity index (χ1) is 6.83. The molecule has 0 bridgehead atoms. The summed E-state index contributed by atoms with van der Waals surface area (Å²) in [6.45, 7) is 4.31. The quantitative estimate of drug-likeness (QED) is 0.676. The van der Waals surface area contributed by atoms with Gasteiger partial charge in [-0.15, -0.1) is 0 Å². The van der Waals surface area contributed by atoms with Gasteiger partial charge in [-0.05, 0) is 31.9 Å². The zero-order valence-corrected chi connectivity index (χ0v) is 8.79. The number of aliphatic hydroxyl groups is 1. The summed E-state index contributed by atoms with van der Waals surface area (Å²) < 4.78 is 0. The van der Waals surface area contributed by atoms with E-state index >= 15 is 0 Å². The van der Waals surface area contributed by atoms with Crippen LogP contribution in [-0.2, 0) is 6.54 Å². The molecule has 0 unspecified atom stereocenters. The smallest absolute Gasteiger partial charge is 0.0431 e. The molecule has 1 aromatic rings. The van der Waals surface area contributed by atoms with Crippen LogP contribution in [0.2, 0.25) is 0 Å². The maximum Gasteiger partial charge on any atom is 0.0431 e. The van der Waals surface area contributed by atoms with Gasteiger partial charge in [0.25, 0.3) is 0 Å². The van der Waals surface area contributed by atoms with Gasteiger partial charge in [0.15, 0.2) is 0 Å². The molecule has 0 saturated carbocycles. The van der Waals surface area contributed by atoms with Crippen molar-refractivity contribution in [2.24, 2.45) is 0 Å². The van der Waals surface area contributed by atoms with Gasteiger partial charge < -0.3 is 10.4 Å². The lowest BCUT2D eigenvalue weighted by Gasteiger charge is -2.04. The molecule has 14 heavy (non-hydrogen) atoms. The number of hydrogen-bond acceptors (Lipinski definition) is 2. The highest BCUT2D eigenvalue weighted by Gasteiger charge is 1.92. The van der Waals surface area contributed by atoms with Crippen molar-refractivity contribution in [1.82, 2.24) is 5.32 Å². The van der Waals surface area contributed by atoms with E-state index in [0.29, 0.717) is 6.61 Å². The van der Waals surface area contributed by atoms with Gasteiger partial charge in [-0.3, -0.25) is 0 Å². The maximum atomic E-state index is 8.59. The Labute approximate surface area is 86.0 Å². The predicted octanol–water partition coefficient (Wildman–Crippen LogP) is 1.86. The molecule has 0 saturated heterocycles. The van der Waals surface area contributed by atoms with Gasteiger partial charge >= 0.3 is 0 Å². The zero-order valence-electron chi connectivity index (χ0n) is 8.79. The van der Waals surface area contributed by atoms with Crippen LogP contribution in [0.15, 0.2) is 24.3 Å². The van der Waals surface area contributed by atoms with Crippen molar-refractivity contribution in [2.45, 2.75) is 26.3 Å². The number of benzene rings is 1. The van der Waals surface area contributed by atoms with Gasteiger partial charge in [0.1, 0.15) is 0 Å². The lowest BCUT2D eigenvalue weighted by molar-refractivity contribution is 0.283. The minimum Gasteiger partial charge on any atom is -0.396 e. The van der Waals surface area contributed by atoms with Crippen LogP contribution in [0.4, 0.5) is 0 Å². The predicted molar refractivity (Wildman–Crippen MR) is 59.2 cm³/mol. The van der Waals surface area contributed by atoms with Crippen molar-refractivity contribution in [3.05, 3.63) is 35.4 Å². The summed E-state index contributed by atoms with van der Waals surface area (Å²) in [4.78, 5) is 0. The summed E-state index contributed by atoms with van der Waals surface area (Å²) >= 11 is 0. The molecule has 0 aliphatic carbocycles. The molecule has 0 aromatic heterocycles. The van der Waals surface area contributed by atoms with E-state index < -0.39 is 0 Å². The number of aliphatic hydroxyl groups excluding tert-OH is 1. The molecular formula is C12H19NO. The maximum absolute atomic E-state index is 8.59. The Balaban J connectivity index is 2.18. The van der Waals surface area contributed by atoms with Crippen molar-refractivity contribution >= 4 is 0 Å². The van der Waals surface area contributed by atoms with Gasteiger partial charge in [0.05, 0.1) is 0 Å². The van der Waals surface area contributed by atoms with Gasteiger partial charge in [-0.1, -0.05) is 29.8 Å². The van der Waals surface area contributed by atoms with E-state index in [4.69, 9.17) is 5.11 Å². The van der Waals surface area contributed by atoms with Crippen molar-refractivity contribution in [3.63, 3.8) is 0 Å². The Kier molecular flexibility index (Phi) is 5.27. The van der Waals surface area contributed by atoms with Gasteiger partial charge in [0.2, 0.25) is 0 Å². The lowest BCUT2D eigenvalue weighted by atomic mass is 10.1. The molecule has 0 atom stereocenters. The third kappa shape index (κ3) is 4.40. The number of hydrogen-bond donors (Lipinski definition) is 2. The minimum absolute atomic E-state index is 0.298. The van der Waals surface area contributed by atoms with Crippen LogP contribution in [-0.4, -0.2) is 18.3 Å². The topological polar surface area (TPSA) is 32.3 Å². The molecule has 0 fully saturated rings. The lowest BCUT2D eigenvalue weighted by Crippen LogP contribution is -2.14. The average molecular weight is 193 g/mol. The van der Waals surface area contributed by atoms with Crippen LogP contribution in [0.5, 0.6) is 0 Å². The van der Waals surface area contributed by atoms with Crippen LogP contribution in [0.25, 0.3) is 0 Å². The monoisotopic (exact) mass is 193 g/mol. The third-order valence-electron chi connectivity index (χ3n) is 2.17. The largest absolute Gasteiger partial charge is 0.396 e. The zero-order chi connectivity index (χ0) is 10.2. The SMILES string of the molecule is Cc1cccc(CNCCCCO)c1. The van der Waals surface area contributed by atoms with E-state index in [1.54, 1.807) is 0 Å². The minimum atomic E-state index is 0.298. The van der Waals surface area contributed by atoms with Crippen molar-refractivity contribution in [1.29, 1.82) is 0 Å². The van der Waals surface area contributed by atoms with E-state index in [-0.39, 0.29) is 0 Å². The van der Waals surface area contributed by atoms with Crippen molar-refractivity contribution in [3.8, 4) is 0 Å². The molecule has 1 aromatic carbocycles. The van der Waals surface area contributed by atoms with E-state index in [9.17, 15) is 0 Å². The molecular weight excluding hydrogens is 174 g/mol. The molecule has 2 heteroatoms. The number of aryl methyl sites for hydroxylation is 1. The van der Waals surface area contributed by atoms with E-state index in [1.165, 1.54) is 11.1 Å². The van der Waals surface area contributed by atoms with Crippen molar-refractivity contribution < 1.29 is 5.11 Å². The van der Waals surface area contributed by atoms with Crippen LogP contribution >= 0.6 is 0 Å². The van der Waals surface area contributed by atoms with Gasteiger partial charge in [0, 0.05) is 13.2 Å². The Hall–Kier alpha value is -0.860. The molecule has 2 nitrogen and oxygen atoms in total. The Morgan fingerprint density at radius 2 is 2.14 bits per heavy atom. The normalized spacial score (nSPS) is 10.4. The fraction of sp³-hybridized carbons (Fsp3) is 0.500. The molecule has 2 N–H and O–H groups in total. The van der Waals surface area contributed by atoms with Gasteiger partial charge in [-0.25, -0.2) is 0 Å². The third-order valence-corrected chi connectivity index (χ3v) is 2.17. The number of unbranched alkanes of at least 4 members (excludes halogenated alkanes) is 1. The fourth-order valence-corrected chi connectivity index (χ4v) is 1.42. The average Bonchev–Trinajstić information content (AvgIpc) is 2.18. The summed E-state index contributed by atoms with van der Waals surface area (Å²) in [6, 6.07) is 8.51. The first-order valence-corrected chi connectivity index (χ1v) is 5.20. The molecule has 0 aliphatic rings. The van der Waals surface area contributed by atoms with Crippen LogP contribution in [0.1, 0.15) is 24.0 Å². The molecule has 1 rings (SSSR count). The van der Waals surface area contributed by atoms with E-state index in [0.717, 1.165) is 25.9 Å². The summed E-state index contributed by atoms with van der Waals surface area (Å²) in [7, 11) is 0. The Morgan fingerprint density at radius 3 is 2.86 bits per heavy atom. The number of rotatable bonds is 6. The molecule has 78 valence electrons. The molecule has 0 radical (unpaired) electrons. The Bertz CT molecular complexity index is 260. The molecule has 0 heterocycles. The number of nitrogens with one attached hydrogen (secondary N) is 1. The summed E-state index contributed by atoms with van der Waals surface area (Å²) in [5.74, 6) is 0. The van der Waals surface area contributed by atoms with Crippen molar-refractivity contribution in [2.75, 3.05) is 13.2 Å². The summed E-state index contributed by atoms with van der Waals surface area (Å²) in [5, 5.41) is 11.9. The summed E-state index contributed by atoms with van der Waals surface area (Å²) in [5.41, 5.74) is 2.63. The first-order valence-electron chi connectivity index (χ1n) is 5.20. The van der Waals surface area contributed by atoms with Crippen LogP contribution in [0.3, 0.4) is 0 Å². The Morgan fingerprint density at radius 1 is 1.29 bits per heavy atom. The standard InChI is InChI=1S/C12H19NO/c1-11-5-4-6-12(9-11)10-13-7-2-3-8-14/h4-6,9,13-14H,2-3,7-8,10H2,1H3. The second-order valence-corrected chi connectivity index (χ2v) is 3.60. The van der Waals surface area contributed by atoms with Gasteiger partial charge in [-0.2, -0.15) is 0 Å². The van der Waals surface area contributed by atoms with Crippen LogP contribution in [0, 0.1) is 6.92 Å². The second-order valence-electron chi connectivity index (χ2n) is 3.60. The molecule has 0 spiro atoms. The summed E-state index contributed by atoms with van der Waals surface area (Å²) in [6.07, 6.45) is 1.93. The molecule has 0 amide bonds. The van der Waals surface area contributed by atoms with E-state index in [2.05, 4.69) is 36.5 Å². The second kappa shape index (κ2) is 6.57. The fourth-order valence-electron chi connectivity index (χ4n) is 1.42. The highest BCUT2D eigenvalue weighted by molar-refractivity contribution is 5.21. The highest BCUT2D eigenvalue weighted by atomic mass is 16.2.